The van der Waals surface area contributed by atoms with Gasteiger partial charge in [-0.15, -0.1) is 0 Å². The summed E-state index contributed by atoms with van der Waals surface area (Å²) in [5.41, 5.74) is 6.60. The number of aromatic nitrogens is 1. The molecule has 16 heavy (non-hydrogen) atoms. The summed E-state index contributed by atoms with van der Waals surface area (Å²) in [5, 5.41) is 2.72. The van der Waals surface area contributed by atoms with Gasteiger partial charge >= 0.3 is 0 Å². The molecule has 0 amide bonds. The lowest BCUT2D eigenvalue weighted by Crippen LogP contribution is -1.85. The van der Waals surface area contributed by atoms with Gasteiger partial charge in [0.2, 0.25) is 0 Å². The summed E-state index contributed by atoms with van der Waals surface area (Å²) in [5.74, 6) is 0. The van der Waals surface area contributed by atoms with E-state index in [0.717, 1.165) is 0 Å². The lowest BCUT2D eigenvalue weighted by molar-refractivity contribution is 1.34. The standard InChI is InChI=1S/C15H15N/c1-9-8-10(2)15-14(11(9)3)12-6-4-5-7-13(12)16-15/h4-8,16H,1-3H3. The number of hydrogen-bond donors (Lipinski definition) is 1. The van der Waals surface area contributed by atoms with Crippen LogP contribution in [0.1, 0.15) is 16.7 Å². The fourth-order valence-electron chi connectivity index (χ4n) is 2.53. The number of nitrogens with one attached hydrogen (secondary N) is 1. The Morgan fingerprint density at radius 1 is 0.938 bits per heavy atom. The Balaban J connectivity index is 2.66. The predicted octanol–water partition coefficient (Wildman–Crippen LogP) is 4.25. The van der Waals surface area contributed by atoms with Crippen molar-refractivity contribution in [3.8, 4) is 0 Å². The fraction of sp³-hybridized carbons (Fsp3) is 0.200. The molecular formula is C15H15N. The maximum atomic E-state index is 3.51. The van der Waals surface area contributed by atoms with Crippen molar-refractivity contribution in [1.29, 1.82) is 0 Å². The number of rotatable bonds is 0. The zero-order valence-electron chi connectivity index (χ0n) is 9.89. The Hall–Kier alpha value is -1.76. The number of H-pyrrole nitrogens is 1. The average Bonchev–Trinajstić information content (AvgIpc) is 2.66. The smallest absolute Gasteiger partial charge is 0.0497 e. The molecule has 3 aromatic rings. The molecule has 2 aromatic carbocycles. The largest absolute Gasteiger partial charge is 0.354 e. The zero-order valence-corrected chi connectivity index (χ0v) is 9.89. The van der Waals surface area contributed by atoms with Crippen LogP contribution in [0.2, 0.25) is 0 Å². The van der Waals surface area contributed by atoms with Crippen molar-refractivity contribution < 1.29 is 0 Å². The number of para-hydroxylation sites is 1. The highest BCUT2D eigenvalue weighted by atomic mass is 14.7. The highest BCUT2D eigenvalue weighted by Crippen LogP contribution is 2.31. The van der Waals surface area contributed by atoms with E-state index in [0.29, 0.717) is 0 Å². The summed E-state index contributed by atoms with van der Waals surface area (Å²) in [6, 6.07) is 10.8. The number of benzene rings is 2. The van der Waals surface area contributed by atoms with Crippen LogP contribution in [0.4, 0.5) is 0 Å². The van der Waals surface area contributed by atoms with Gasteiger partial charge in [-0.25, -0.2) is 0 Å². The van der Waals surface area contributed by atoms with Crippen LogP contribution >= 0.6 is 0 Å². The van der Waals surface area contributed by atoms with Crippen LogP contribution in [0, 0.1) is 20.8 Å². The molecule has 80 valence electrons. The highest BCUT2D eigenvalue weighted by molar-refractivity contribution is 6.10. The van der Waals surface area contributed by atoms with Gasteiger partial charge in [-0.3, -0.25) is 0 Å². The predicted molar refractivity (Wildman–Crippen MR) is 70.0 cm³/mol. The summed E-state index contributed by atoms with van der Waals surface area (Å²) in [6.07, 6.45) is 0. The Labute approximate surface area is 95.1 Å². The molecule has 0 saturated heterocycles. The quantitative estimate of drug-likeness (QED) is 0.569. The molecule has 1 nitrogen and oxygen atoms in total. The third-order valence-electron chi connectivity index (χ3n) is 3.50. The SMILES string of the molecule is Cc1cc(C)c2[nH]c3ccccc3c2c1C. The van der Waals surface area contributed by atoms with Crippen LogP contribution in [-0.4, -0.2) is 4.98 Å². The van der Waals surface area contributed by atoms with E-state index in [-0.39, 0.29) is 0 Å². The van der Waals surface area contributed by atoms with Gasteiger partial charge in [-0.1, -0.05) is 24.3 Å². The Kier molecular flexibility index (Phi) is 1.84. The molecule has 0 radical (unpaired) electrons. The molecule has 3 rings (SSSR count). The van der Waals surface area contributed by atoms with Gasteiger partial charge in [0, 0.05) is 21.8 Å². The number of aryl methyl sites for hydroxylation is 3. The van der Waals surface area contributed by atoms with Crippen molar-refractivity contribution in [1.82, 2.24) is 4.98 Å². The van der Waals surface area contributed by atoms with Crippen molar-refractivity contribution in [2.24, 2.45) is 0 Å². The van der Waals surface area contributed by atoms with E-state index in [9.17, 15) is 0 Å². The lowest BCUT2D eigenvalue weighted by Gasteiger charge is -2.05. The maximum absolute atomic E-state index is 3.51. The first kappa shape index (κ1) is 9.46. The third kappa shape index (κ3) is 1.12. The topological polar surface area (TPSA) is 15.8 Å². The monoisotopic (exact) mass is 209 g/mol. The second-order valence-electron chi connectivity index (χ2n) is 4.56. The molecule has 0 aliphatic carbocycles. The molecule has 0 aliphatic rings. The molecule has 1 aromatic heterocycles. The molecule has 1 heteroatoms. The molecule has 0 unspecified atom stereocenters. The van der Waals surface area contributed by atoms with Crippen LogP contribution in [0.3, 0.4) is 0 Å². The van der Waals surface area contributed by atoms with Crippen molar-refractivity contribution in [3.05, 3.63) is 47.0 Å². The van der Waals surface area contributed by atoms with Gasteiger partial charge < -0.3 is 4.98 Å². The number of aromatic amines is 1. The van der Waals surface area contributed by atoms with Crippen molar-refractivity contribution >= 4 is 21.8 Å². The molecule has 0 atom stereocenters. The van der Waals surface area contributed by atoms with E-state index in [1.165, 1.54) is 38.5 Å². The van der Waals surface area contributed by atoms with E-state index >= 15 is 0 Å². The van der Waals surface area contributed by atoms with Crippen molar-refractivity contribution in [3.63, 3.8) is 0 Å². The van der Waals surface area contributed by atoms with Gasteiger partial charge in [0.25, 0.3) is 0 Å². The molecule has 0 saturated carbocycles. The Morgan fingerprint density at radius 3 is 2.50 bits per heavy atom. The molecule has 0 fully saturated rings. The van der Waals surface area contributed by atoms with Crippen LogP contribution in [-0.2, 0) is 0 Å². The van der Waals surface area contributed by atoms with E-state index in [2.05, 4.69) is 56.1 Å². The third-order valence-corrected chi connectivity index (χ3v) is 3.50. The summed E-state index contributed by atoms with van der Waals surface area (Å²) < 4.78 is 0. The zero-order chi connectivity index (χ0) is 11.3. The summed E-state index contributed by atoms with van der Waals surface area (Å²) in [7, 11) is 0. The van der Waals surface area contributed by atoms with Crippen LogP contribution in [0.5, 0.6) is 0 Å². The summed E-state index contributed by atoms with van der Waals surface area (Å²) in [6.45, 7) is 6.56. The minimum Gasteiger partial charge on any atom is -0.354 e. The minimum absolute atomic E-state index is 1.23. The van der Waals surface area contributed by atoms with Gasteiger partial charge in [0.05, 0.1) is 0 Å². The second kappa shape index (κ2) is 3.11. The van der Waals surface area contributed by atoms with Crippen molar-refractivity contribution in [2.75, 3.05) is 0 Å². The first-order chi connectivity index (χ1) is 7.68. The van der Waals surface area contributed by atoms with E-state index in [1.54, 1.807) is 0 Å². The molecular weight excluding hydrogens is 194 g/mol. The summed E-state index contributed by atoms with van der Waals surface area (Å²) >= 11 is 0. The van der Waals surface area contributed by atoms with E-state index in [4.69, 9.17) is 0 Å². The van der Waals surface area contributed by atoms with E-state index in [1.807, 2.05) is 0 Å². The van der Waals surface area contributed by atoms with Gasteiger partial charge in [0.1, 0.15) is 0 Å². The van der Waals surface area contributed by atoms with Gasteiger partial charge in [-0.2, -0.15) is 0 Å². The first-order valence-corrected chi connectivity index (χ1v) is 5.65. The highest BCUT2D eigenvalue weighted by Gasteiger charge is 2.09. The van der Waals surface area contributed by atoms with E-state index < -0.39 is 0 Å². The van der Waals surface area contributed by atoms with Crippen LogP contribution in [0.15, 0.2) is 30.3 Å². The number of hydrogen-bond acceptors (Lipinski definition) is 0. The van der Waals surface area contributed by atoms with Crippen LogP contribution < -0.4 is 0 Å². The second-order valence-corrected chi connectivity index (χ2v) is 4.56. The Morgan fingerprint density at radius 2 is 1.69 bits per heavy atom. The lowest BCUT2D eigenvalue weighted by atomic mass is 10.00. The molecule has 1 N–H and O–H groups in total. The van der Waals surface area contributed by atoms with Crippen molar-refractivity contribution in [2.45, 2.75) is 20.8 Å². The van der Waals surface area contributed by atoms with Crippen LogP contribution in [0.25, 0.3) is 21.8 Å². The molecule has 1 heterocycles. The first-order valence-electron chi connectivity index (χ1n) is 5.65. The fourth-order valence-corrected chi connectivity index (χ4v) is 2.53. The molecule has 0 bridgehead atoms. The van der Waals surface area contributed by atoms with Gasteiger partial charge in [-0.05, 0) is 43.5 Å². The normalized spacial score (nSPS) is 11.4. The molecule has 0 aliphatic heterocycles. The number of fused-ring (bicyclic) bond motifs is 3. The molecule has 0 spiro atoms. The van der Waals surface area contributed by atoms with Gasteiger partial charge in [0.15, 0.2) is 0 Å². The maximum Gasteiger partial charge on any atom is 0.0497 e. The summed E-state index contributed by atoms with van der Waals surface area (Å²) in [4.78, 5) is 3.51. The average molecular weight is 209 g/mol. The Bertz CT molecular complexity index is 689. The minimum atomic E-state index is 1.23.